The molecule has 0 radical (unpaired) electrons. The molecule has 1 aliphatic rings. The molecule has 70 valence electrons. The van der Waals surface area contributed by atoms with Crippen molar-refractivity contribution in [2.24, 2.45) is 17.0 Å². The second-order valence-electron chi connectivity index (χ2n) is 3.89. The Morgan fingerprint density at radius 2 is 2.08 bits per heavy atom. The van der Waals surface area contributed by atoms with Crippen LogP contribution in [0.4, 0.5) is 0 Å². The predicted molar refractivity (Wildman–Crippen MR) is 50.6 cm³/mol. The highest BCUT2D eigenvalue weighted by Crippen LogP contribution is 2.30. The minimum absolute atomic E-state index is 0.838. The molecule has 0 aromatic carbocycles. The molecule has 1 saturated carbocycles. The summed E-state index contributed by atoms with van der Waals surface area (Å²) in [5.41, 5.74) is 0.995. The summed E-state index contributed by atoms with van der Waals surface area (Å²) in [6.07, 6.45) is 5.72. The maximum Gasteiger partial charge on any atom is 0.0571 e. The van der Waals surface area contributed by atoms with Crippen LogP contribution in [0.3, 0.4) is 0 Å². The lowest BCUT2D eigenvalue weighted by atomic mass is 9.79. The Morgan fingerprint density at radius 1 is 1.50 bits per heavy atom. The minimum atomic E-state index is 0.838. The molecule has 0 aromatic rings. The van der Waals surface area contributed by atoms with Crippen LogP contribution in [0.15, 0.2) is 5.16 Å². The van der Waals surface area contributed by atoms with Gasteiger partial charge in [0.2, 0.25) is 0 Å². The second kappa shape index (κ2) is 4.48. The van der Waals surface area contributed by atoms with Crippen LogP contribution in [0.2, 0.25) is 0 Å². The van der Waals surface area contributed by atoms with Crippen molar-refractivity contribution in [1.29, 1.82) is 0 Å². The summed E-state index contributed by atoms with van der Waals surface area (Å²) in [4.78, 5) is 0. The molecule has 1 rings (SSSR count). The molecule has 1 fully saturated rings. The molecule has 0 saturated heterocycles. The van der Waals surface area contributed by atoms with Gasteiger partial charge in [0.1, 0.15) is 0 Å². The van der Waals surface area contributed by atoms with Crippen LogP contribution >= 0.6 is 0 Å². The second-order valence-corrected chi connectivity index (χ2v) is 3.89. The topological polar surface area (TPSA) is 32.6 Å². The monoisotopic (exact) mass is 169 g/mol. The van der Waals surface area contributed by atoms with E-state index in [1.54, 1.807) is 0 Å². The molecule has 12 heavy (non-hydrogen) atoms. The van der Waals surface area contributed by atoms with E-state index in [1.165, 1.54) is 19.3 Å². The van der Waals surface area contributed by atoms with Crippen molar-refractivity contribution in [3.8, 4) is 0 Å². The van der Waals surface area contributed by atoms with Crippen molar-refractivity contribution in [1.82, 2.24) is 0 Å². The van der Waals surface area contributed by atoms with Gasteiger partial charge in [-0.05, 0) is 37.5 Å². The fraction of sp³-hybridized carbons (Fsp3) is 0.900. The first-order chi connectivity index (χ1) is 5.77. The molecule has 1 unspecified atom stereocenters. The standard InChI is InChI=1S/C10H19NO/c1-3-8(2)9-4-6-10(11-12)7-5-9/h8-9,12H,3-7H2,1-2H3. The van der Waals surface area contributed by atoms with E-state index in [-0.39, 0.29) is 0 Å². The Balaban J connectivity index is 2.35. The highest BCUT2D eigenvalue weighted by atomic mass is 16.4. The van der Waals surface area contributed by atoms with E-state index < -0.39 is 0 Å². The smallest absolute Gasteiger partial charge is 0.0571 e. The van der Waals surface area contributed by atoms with Gasteiger partial charge in [-0.25, -0.2) is 0 Å². The Labute approximate surface area is 74.7 Å². The fourth-order valence-corrected chi connectivity index (χ4v) is 1.98. The van der Waals surface area contributed by atoms with E-state index in [9.17, 15) is 0 Å². The molecule has 0 bridgehead atoms. The lowest BCUT2D eigenvalue weighted by Crippen LogP contribution is -2.19. The molecule has 0 aromatic heterocycles. The lowest BCUT2D eigenvalue weighted by Gasteiger charge is -2.27. The molecular formula is C10H19NO. The average Bonchev–Trinajstić information content (AvgIpc) is 2.17. The van der Waals surface area contributed by atoms with Crippen LogP contribution in [-0.2, 0) is 0 Å². The molecule has 2 heteroatoms. The van der Waals surface area contributed by atoms with Crippen LogP contribution < -0.4 is 0 Å². The average molecular weight is 169 g/mol. The minimum Gasteiger partial charge on any atom is -0.411 e. The molecule has 0 amide bonds. The normalized spacial score (nSPS) is 26.8. The van der Waals surface area contributed by atoms with Gasteiger partial charge in [0.05, 0.1) is 5.71 Å². The van der Waals surface area contributed by atoms with E-state index in [0.717, 1.165) is 30.4 Å². The highest BCUT2D eigenvalue weighted by Gasteiger charge is 2.21. The number of oxime groups is 1. The number of nitrogens with zero attached hydrogens (tertiary/aromatic N) is 1. The first-order valence-corrected chi connectivity index (χ1v) is 4.97. The Kier molecular flexibility index (Phi) is 3.57. The van der Waals surface area contributed by atoms with Gasteiger partial charge in [0, 0.05) is 0 Å². The van der Waals surface area contributed by atoms with E-state index in [4.69, 9.17) is 5.21 Å². The molecular weight excluding hydrogens is 150 g/mol. The molecule has 1 aliphatic carbocycles. The summed E-state index contributed by atoms with van der Waals surface area (Å²) < 4.78 is 0. The largest absolute Gasteiger partial charge is 0.411 e. The summed E-state index contributed by atoms with van der Waals surface area (Å²) in [5, 5.41) is 11.8. The third-order valence-electron chi connectivity index (χ3n) is 3.20. The van der Waals surface area contributed by atoms with E-state index in [2.05, 4.69) is 19.0 Å². The van der Waals surface area contributed by atoms with Gasteiger partial charge in [-0.3, -0.25) is 0 Å². The third kappa shape index (κ3) is 2.23. The zero-order valence-corrected chi connectivity index (χ0v) is 8.08. The lowest BCUT2D eigenvalue weighted by molar-refractivity contribution is 0.284. The SMILES string of the molecule is CCC(C)C1CCC(=NO)CC1. The van der Waals surface area contributed by atoms with Crippen molar-refractivity contribution in [3.05, 3.63) is 0 Å². The van der Waals surface area contributed by atoms with Gasteiger partial charge in [-0.2, -0.15) is 0 Å². The van der Waals surface area contributed by atoms with Crippen molar-refractivity contribution < 1.29 is 5.21 Å². The first kappa shape index (κ1) is 9.56. The molecule has 0 heterocycles. The van der Waals surface area contributed by atoms with Crippen molar-refractivity contribution in [2.75, 3.05) is 0 Å². The number of hydrogen-bond donors (Lipinski definition) is 1. The highest BCUT2D eigenvalue weighted by molar-refractivity contribution is 5.84. The summed E-state index contributed by atoms with van der Waals surface area (Å²) in [6.45, 7) is 4.58. The Hall–Kier alpha value is -0.530. The van der Waals surface area contributed by atoms with Gasteiger partial charge in [-0.15, -0.1) is 0 Å². The van der Waals surface area contributed by atoms with Crippen molar-refractivity contribution in [2.45, 2.75) is 46.0 Å². The van der Waals surface area contributed by atoms with Gasteiger partial charge in [-0.1, -0.05) is 25.4 Å². The Morgan fingerprint density at radius 3 is 2.50 bits per heavy atom. The quantitative estimate of drug-likeness (QED) is 0.500. The molecule has 1 N–H and O–H groups in total. The van der Waals surface area contributed by atoms with Crippen LogP contribution in [0, 0.1) is 11.8 Å². The summed E-state index contributed by atoms with van der Waals surface area (Å²) >= 11 is 0. The van der Waals surface area contributed by atoms with Gasteiger partial charge in [0.15, 0.2) is 0 Å². The number of hydrogen-bond acceptors (Lipinski definition) is 2. The Bertz CT molecular complexity index is 155. The molecule has 0 aliphatic heterocycles. The summed E-state index contributed by atoms with van der Waals surface area (Å²) in [6, 6.07) is 0. The predicted octanol–water partition coefficient (Wildman–Crippen LogP) is 3.05. The molecule has 0 spiro atoms. The fourth-order valence-electron chi connectivity index (χ4n) is 1.98. The third-order valence-corrected chi connectivity index (χ3v) is 3.20. The summed E-state index contributed by atoms with van der Waals surface area (Å²) in [5.74, 6) is 1.70. The zero-order chi connectivity index (χ0) is 8.97. The number of rotatable bonds is 2. The van der Waals surface area contributed by atoms with E-state index >= 15 is 0 Å². The van der Waals surface area contributed by atoms with Gasteiger partial charge >= 0.3 is 0 Å². The first-order valence-electron chi connectivity index (χ1n) is 4.97. The van der Waals surface area contributed by atoms with Crippen molar-refractivity contribution in [3.63, 3.8) is 0 Å². The van der Waals surface area contributed by atoms with Gasteiger partial charge < -0.3 is 5.21 Å². The van der Waals surface area contributed by atoms with E-state index in [1.807, 2.05) is 0 Å². The van der Waals surface area contributed by atoms with Crippen LogP contribution in [0.5, 0.6) is 0 Å². The maximum absolute atomic E-state index is 8.56. The maximum atomic E-state index is 8.56. The van der Waals surface area contributed by atoms with Crippen LogP contribution in [0.1, 0.15) is 46.0 Å². The van der Waals surface area contributed by atoms with Crippen LogP contribution in [0.25, 0.3) is 0 Å². The van der Waals surface area contributed by atoms with Crippen LogP contribution in [-0.4, -0.2) is 10.9 Å². The van der Waals surface area contributed by atoms with Gasteiger partial charge in [0.25, 0.3) is 0 Å². The zero-order valence-electron chi connectivity index (χ0n) is 8.08. The summed E-state index contributed by atoms with van der Waals surface area (Å²) in [7, 11) is 0. The van der Waals surface area contributed by atoms with E-state index in [0.29, 0.717) is 0 Å². The molecule has 1 atom stereocenters. The van der Waals surface area contributed by atoms with Crippen molar-refractivity contribution >= 4 is 5.71 Å². The molecule has 2 nitrogen and oxygen atoms in total.